The van der Waals surface area contributed by atoms with Gasteiger partial charge in [0.2, 0.25) is 0 Å². The van der Waals surface area contributed by atoms with E-state index >= 15 is 0 Å². The first-order chi connectivity index (χ1) is 6.22. The van der Waals surface area contributed by atoms with Crippen molar-refractivity contribution in [3.05, 3.63) is 23.6 Å². The molecule has 3 nitrogen and oxygen atoms in total. The number of aliphatic hydroxyl groups is 1. The molecule has 0 amide bonds. The van der Waals surface area contributed by atoms with Crippen molar-refractivity contribution in [1.82, 2.24) is 0 Å². The predicted octanol–water partition coefficient (Wildman–Crippen LogP) is 2.15. The molecule has 0 aromatic carbocycles. The van der Waals surface area contributed by atoms with Crippen molar-refractivity contribution in [3.63, 3.8) is 0 Å². The van der Waals surface area contributed by atoms with Gasteiger partial charge in [-0.15, -0.1) is 13.2 Å². The summed E-state index contributed by atoms with van der Waals surface area (Å²) < 4.78 is 39.1. The molecule has 0 saturated heterocycles. The Balaban J connectivity index is 2.80. The zero-order valence-corrected chi connectivity index (χ0v) is 7.56. The van der Waals surface area contributed by atoms with Gasteiger partial charge in [0.25, 0.3) is 0 Å². The predicted molar refractivity (Wildman–Crippen MR) is 43.3 cm³/mol. The van der Waals surface area contributed by atoms with E-state index in [0.29, 0.717) is 0 Å². The summed E-state index contributed by atoms with van der Waals surface area (Å²) in [6.45, 7) is 0. The fraction of sp³-hybridized carbons (Fsp3) is 0.429. The Morgan fingerprint density at radius 3 is 2.57 bits per heavy atom. The number of alkyl halides is 4. The van der Waals surface area contributed by atoms with E-state index in [1.54, 1.807) is 0 Å². The van der Waals surface area contributed by atoms with E-state index in [2.05, 4.69) is 4.74 Å². The summed E-state index contributed by atoms with van der Waals surface area (Å²) in [5, 5.41) is 6.94. The summed E-state index contributed by atoms with van der Waals surface area (Å²) in [6.07, 6.45) is -3.24. The van der Waals surface area contributed by atoms with Crippen LogP contribution in [-0.4, -0.2) is 16.5 Å². The minimum Gasteiger partial charge on any atom is -0.506 e. The summed E-state index contributed by atoms with van der Waals surface area (Å²) >= 11 is 5.44. The Kier molecular flexibility index (Phi) is 2.69. The minimum atomic E-state index is -4.86. The van der Waals surface area contributed by atoms with Crippen LogP contribution in [0.2, 0.25) is 0 Å². The van der Waals surface area contributed by atoms with Crippen LogP contribution in [0, 0.1) is 0 Å². The maximum atomic E-state index is 11.8. The molecule has 0 fully saturated rings. The van der Waals surface area contributed by atoms with Crippen molar-refractivity contribution in [1.29, 1.82) is 0 Å². The average Bonchev–Trinajstić information content (AvgIpc) is 1.94. The molecule has 0 bridgehead atoms. The number of halogens is 4. The second-order valence-electron chi connectivity index (χ2n) is 2.73. The highest BCUT2D eigenvalue weighted by atomic mass is 35.5. The third kappa shape index (κ3) is 2.81. The number of hydrogen-bond acceptors (Lipinski definition) is 3. The van der Waals surface area contributed by atoms with Crippen LogP contribution < -0.4 is 5.73 Å². The monoisotopic (exact) mass is 229 g/mol. The highest BCUT2D eigenvalue weighted by Crippen LogP contribution is 2.36. The molecule has 14 heavy (non-hydrogen) atoms. The lowest BCUT2D eigenvalue weighted by Gasteiger charge is -2.26. The molecule has 0 heterocycles. The quantitative estimate of drug-likeness (QED) is 0.678. The smallest absolute Gasteiger partial charge is 0.506 e. The largest absolute Gasteiger partial charge is 0.524 e. The van der Waals surface area contributed by atoms with Gasteiger partial charge in [0, 0.05) is 12.5 Å². The van der Waals surface area contributed by atoms with E-state index in [0.717, 1.165) is 12.2 Å². The number of rotatable bonds is 1. The summed E-state index contributed by atoms with van der Waals surface area (Å²) in [7, 11) is 0. The lowest BCUT2D eigenvalue weighted by atomic mass is 10.1. The molecule has 1 rings (SSSR count). The zero-order chi connectivity index (χ0) is 11.0. The third-order valence-corrected chi connectivity index (χ3v) is 1.87. The van der Waals surface area contributed by atoms with Gasteiger partial charge in [-0.2, -0.15) is 0 Å². The van der Waals surface area contributed by atoms with E-state index in [-0.39, 0.29) is 12.1 Å². The normalized spacial score (nSPS) is 28.3. The van der Waals surface area contributed by atoms with Crippen molar-refractivity contribution >= 4 is 11.6 Å². The van der Waals surface area contributed by atoms with Gasteiger partial charge in [0.05, 0.1) is 5.70 Å². The SMILES string of the molecule is NC1=CCC(Cl)(OC(F)(F)F)C=C1O. The Morgan fingerprint density at radius 2 is 2.14 bits per heavy atom. The maximum Gasteiger partial charge on any atom is 0.524 e. The molecule has 1 aliphatic rings. The van der Waals surface area contributed by atoms with Gasteiger partial charge in [-0.3, -0.25) is 4.74 Å². The van der Waals surface area contributed by atoms with E-state index in [1.807, 2.05) is 0 Å². The standard InChI is InChI=1S/C7H7ClF3NO2/c8-6(14-7(9,10)11)2-1-4(12)5(13)3-6/h1,3,13H,2,12H2. The lowest BCUT2D eigenvalue weighted by Crippen LogP contribution is -2.33. The molecule has 3 N–H and O–H groups in total. The van der Waals surface area contributed by atoms with Crippen LogP contribution in [0.4, 0.5) is 13.2 Å². The molecular formula is C7H7ClF3NO2. The topological polar surface area (TPSA) is 55.5 Å². The molecule has 1 aliphatic carbocycles. The first-order valence-corrected chi connectivity index (χ1v) is 3.93. The molecule has 0 spiro atoms. The second-order valence-corrected chi connectivity index (χ2v) is 3.37. The van der Waals surface area contributed by atoms with Crippen LogP contribution in [0.1, 0.15) is 6.42 Å². The zero-order valence-electron chi connectivity index (χ0n) is 6.81. The van der Waals surface area contributed by atoms with Gasteiger partial charge in [0.1, 0.15) is 5.76 Å². The number of hydrogen-bond donors (Lipinski definition) is 2. The molecule has 0 saturated carbocycles. The van der Waals surface area contributed by atoms with Gasteiger partial charge in [-0.1, -0.05) is 17.7 Å². The number of ether oxygens (including phenoxy) is 1. The molecule has 80 valence electrons. The molecule has 7 heteroatoms. The molecular weight excluding hydrogens is 223 g/mol. The Labute approximate surface area is 82.6 Å². The van der Waals surface area contributed by atoms with Gasteiger partial charge in [-0.25, -0.2) is 0 Å². The van der Waals surface area contributed by atoms with E-state index in [1.165, 1.54) is 0 Å². The molecule has 1 unspecified atom stereocenters. The van der Waals surface area contributed by atoms with E-state index in [4.69, 9.17) is 22.4 Å². The molecule has 0 aliphatic heterocycles. The van der Waals surface area contributed by atoms with Gasteiger partial charge < -0.3 is 10.8 Å². The Bertz CT molecular complexity index is 300. The lowest BCUT2D eigenvalue weighted by molar-refractivity contribution is -0.344. The van der Waals surface area contributed by atoms with Crippen LogP contribution in [0.15, 0.2) is 23.6 Å². The number of nitrogens with two attached hydrogens (primary N) is 1. The Hall–Kier alpha value is -0.880. The highest BCUT2D eigenvalue weighted by molar-refractivity contribution is 6.24. The molecule has 0 aromatic heterocycles. The Morgan fingerprint density at radius 1 is 1.57 bits per heavy atom. The summed E-state index contributed by atoms with van der Waals surface area (Å²) in [5.74, 6) is -0.518. The van der Waals surface area contributed by atoms with Gasteiger partial charge >= 0.3 is 6.36 Å². The van der Waals surface area contributed by atoms with Crippen LogP contribution in [-0.2, 0) is 4.74 Å². The van der Waals surface area contributed by atoms with E-state index in [9.17, 15) is 13.2 Å². The number of aliphatic hydroxyl groups excluding tert-OH is 1. The van der Waals surface area contributed by atoms with Crippen LogP contribution in [0.25, 0.3) is 0 Å². The first-order valence-electron chi connectivity index (χ1n) is 3.55. The maximum absolute atomic E-state index is 11.8. The van der Waals surface area contributed by atoms with Crippen molar-refractivity contribution in [2.45, 2.75) is 17.8 Å². The second kappa shape index (κ2) is 3.36. The van der Waals surface area contributed by atoms with Crippen LogP contribution in [0.5, 0.6) is 0 Å². The van der Waals surface area contributed by atoms with Crippen LogP contribution in [0.3, 0.4) is 0 Å². The summed E-state index contributed by atoms with van der Waals surface area (Å²) in [6, 6.07) is 0. The van der Waals surface area contributed by atoms with Crippen molar-refractivity contribution < 1.29 is 23.0 Å². The van der Waals surface area contributed by atoms with Gasteiger partial charge in [-0.05, 0) is 0 Å². The fourth-order valence-corrected chi connectivity index (χ4v) is 1.23. The van der Waals surface area contributed by atoms with E-state index < -0.39 is 17.2 Å². The van der Waals surface area contributed by atoms with Crippen molar-refractivity contribution in [2.75, 3.05) is 0 Å². The first kappa shape index (κ1) is 11.2. The minimum absolute atomic E-state index is 0.0213. The molecule has 0 radical (unpaired) electrons. The summed E-state index contributed by atoms with van der Waals surface area (Å²) in [4.78, 5) is 0. The molecule has 0 aromatic rings. The third-order valence-electron chi connectivity index (χ3n) is 1.53. The molecule has 1 atom stereocenters. The van der Waals surface area contributed by atoms with Gasteiger partial charge in [0.15, 0.2) is 5.06 Å². The summed E-state index contributed by atoms with van der Waals surface area (Å²) in [5.41, 5.74) is 5.19. The van der Waals surface area contributed by atoms with Crippen LogP contribution >= 0.6 is 11.6 Å². The highest BCUT2D eigenvalue weighted by Gasteiger charge is 2.42. The fourth-order valence-electron chi connectivity index (χ4n) is 0.964. The van der Waals surface area contributed by atoms with Crippen molar-refractivity contribution in [3.8, 4) is 0 Å². The average molecular weight is 230 g/mol. The van der Waals surface area contributed by atoms with Crippen molar-refractivity contribution in [2.24, 2.45) is 5.73 Å².